The quantitative estimate of drug-likeness (QED) is 0.803. The second-order valence-corrected chi connectivity index (χ2v) is 7.14. The summed E-state index contributed by atoms with van der Waals surface area (Å²) in [4.78, 5) is 35.7. The molecule has 0 fully saturated rings. The first-order valence-corrected chi connectivity index (χ1v) is 7.61. The van der Waals surface area contributed by atoms with Crippen LogP contribution in [0, 0.1) is 11.7 Å². The Kier molecular flexibility index (Phi) is 7.56. The van der Waals surface area contributed by atoms with Gasteiger partial charge in [-0.15, -0.1) is 0 Å². The highest BCUT2D eigenvalue weighted by Crippen LogP contribution is 2.25. The van der Waals surface area contributed by atoms with Gasteiger partial charge < -0.3 is 9.84 Å². The molecule has 0 aromatic carbocycles. The molecule has 1 aromatic rings. The lowest BCUT2D eigenvalue weighted by Gasteiger charge is -2.36. The molecule has 1 rings (SSSR count). The average Bonchev–Trinajstić information content (AvgIpc) is 2.33. The smallest absolute Gasteiger partial charge is 0.329 e. The molecule has 8 heteroatoms. The van der Waals surface area contributed by atoms with Gasteiger partial charge in [-0.05, 0) is 33.6 Å². The number of aliphatic hydroxyl groups is 1. The monoisotopic (exact) mass is 346 g/mol. The van der Waals surface area contributed by atoms with Crippen LogP contribution in [-0.2, 0) is 16.1 Å². The fraction of sp³-hybridized carbons (Fsp3) is 0.688. The van der Waals surface area contributed by atoms with Crippen molar-refractivity contribution < 1.29 is 19.0 Å². The van der Waals surface area contributed by atoms with Crippen molar-refractivity contribution in [3.8, 4) is 0 Å². The predicted octanol–water partition coefficient (Wildman–Crippen LogP) is 1.43. The summed E-state index contributed by atoms with van der Waals surface area (Å²) >= 11 is 0. The molecule has 0 saturated carbocycles. The molecule has 0 saturated heterocycles. The number of carbonyl (C=O) groups is 1. The Morgan fingerprint density at radius 2 is 1.75 bits per heavy atom. The van der Waals surface area contributed by atoms with E-state index in [1.165, 1.54) is 27.7 Å². The Morgan fingerprint density at radius 1 is 1.29 bits per heavy atom. The maximum Gasteiger partial charge on any atom is 0.329 e. The summed E-state index contributed by atoms with van der Waals surface area (Å²) < 4.78 is 18.8. The summed E-state index contributed by atoms with van der Waals surface area (Å²) in [5.74, 6) is -1.19. The van der Waals surface area contributed by atoms with E-state index in [9.17, 15) is 23.9 Å². The van der Waals surface area contributed by atoms with Crippen LogP contribution in [0.1, 0.15) is 48.5 Å². The van der Waals surface area contributed by atoms with Crippen molar-refractivity contribution in [3.63, 3.8) is 0 Å². The summed E-state index contributed by atoms with van der Waals surface area (Å²) in [5, 5.41) is 9.84. The van der Waals surface area contributed by atoms with Gasteiger partial charge in [-0.1, -0.05) is 20.8 Å². The highest BCUT2D eigenvalue weighted by atomic mass is 19.1. The first-order valence-electron chi connectivity index (χ1n) is 7.61. The molecule has 0 aliphatic heterocycles. The lowest BCUT2D eigenvalue weighted by Crippen LogP contribution is -2.49. The molecule has 0 unspecified atom stereocenters. The van der Waals surface area contributed by atoms with Crippen LogP contribution in [0.25, 0.3) is 0 Å². The third-order valence-electron chi connectivity index (χ3n) is 3.11. The Bertz CT molecular complexity index is 666. The molecule has 24 heavy (non-hydrogen) atoms. The van der Waals surface area contributed by atoms with Crippen molar-refractivity contribution in [1.82, 2.24) is 9.55 Å². The largest absolute Gasteiger partial charge is 0.455 e. The third kappa shape index (κ3) is 7.08. The Hall–Kier alpha value is -1.96. The van der Waals surface area contributed by atoms with Gasteiger partial charge in [0.1, 0.15) is 12.1 Å². The number of H-pyrrole nitrogens is 1. The van der Waals surface area contributed by atoms with Gasteiger partial charge in [-0.2, -0.15) is 4.39 Å². The zero-order valence-electron chi connectivity index (χ0n) is 15.3. The average molecular weight is 346 g/mol. The molecule has 0 aliphatic carbocycles. The van der Waals surface area contributed by atoms with Crippen LogP contribution in [-0.4, -0.2) is 31.8 Å². The van der Waals surface area contributed by atoms with E-state index >= 15 is 0 Å². The molecule has 0 radical (unpaired) electrons. The molecule has 0 spiro atoms. The lowest BCUT2D eigenvalue weighted by atomic mass is 9.89. The summed E-state index contributed by atoms with van der Waals surface area (Å²) in [6, 6.07) is 0. The molecular weight excluding hydrogens is 319 g/mol. The number of aromatic nitrogens is 2. The summed E-state index contributed by atoms with van der Waals surface area (Å²) in [5.41, 5.74) is -4.58. The number of nitrogens with one attached hydrogen (secondary N) is 1. The number of esters is 1. The zero-order chi connectivity index (χ0) is 19.3. The normalized spacial score (nSPS) is 11.8. The molecule has 7 nitrogen and oxygen atoms in total. The topological polar surface area (TPSA) is 101 Å². The van der Waals surface area contributed by atoms with Crippen molar-refractivity contribution in [2.75, 3.05) is 0 Å². The van der Waals surface area contributed by atoms with Gasteiger partial charge in [0.05, 0.1) is 11.8 Å². The predicted molar refractivity (Wildman–Crippen MR) is 88.3 cm³/mol. The van der Waals surface area contributed by atoms with E-state index in [1.54, 1.807) is 4.98 Å². The molecule has 2 N–H and O–H groups in total. The highest BCUT2D eigenvalue weighted by molar-refractivity contribution is 5.69. The van der Waals surface area contributed by atoms with Gasteiger partial charge in [0.15, 0.2) is 0 Å². The van der Waals surface area contributed by atoms with Crippen molar-refractivity contribution in [2.45, 2.75) is 66.2 Å². The van der Waals surface area contributed by atoms with Gasteiger partial charge in [0, 0.05) is 0 Å². The summed E-state index contributed by atoms with van der Waals surface area (Å²) in [7, 11) is 0. The molecular formula is C16H27FN2O5. The van der Waals surface area contributed by atoms with E-state index in [0.717, 1.165) is 5.92 Å². The molecule has 138 valence electrons. The van der Waals surface area contributed by atoms with Crippen LogP contribution < -0.4 is 11.2 Å². The van der Waals surface area contributed by atoms with E-state index in [4.69, 9.17) is 4.74 Å². The summed E-state index contributed by atoms with van der Waals surface area (Å²) in [6.07, 6.45) is 0.625. The number of ether oxygens (including phenoxy) is 1. The van der Waals surface area contributed by atoms with Crippen LogP contribution in [0.2, 0.25) is 0 Å². The Balaban J connectivity index is 0.00000118. The van der Waals surface area contributed by atoms with Crippen LogP contribution >= 0.6 is 0 Å². The van der Waals surface area contributed by atoms with Crippen LogP contribution in [0.3, 0.4) is 0 Å². The first-order chi connectivity index (χ1) is 10.7. The van der Waals surface area contributed by atoms with Gasteiger partial charge in [0.2, 0.25) is 5.82 Å². The molecule has 0 atom stereocenters. The van der Waals surface area contributed by atoms with Crippen molar-refractivity contribution in [1.29, 1.82) is 0 Å². The number of hydrogen-bond donors (Lipinski definition) is 2. The number of carbonyl (C=O) groups excluding carboxylic acids is 1. The maximum atomic E-state index is 13.0. The molecule has 0 aliphatic rings. The Labute approximate surface area is 140 Å². The highest BCUT2D eigenvalue weighted by Gasteiger charge is 2.38. The first kappa shape index (κ1) is 22.0. The van der Waals surface area contributed by atoms with Gasteiger partial charge in [-0.25, -0.2) is 4.79 Å². The molecule has 1 aromatic heterocycles. The van der Waals surface area contributed by atoms with Gasteiger partial charge >= 0.3 is 11.7 Å². The lowest BCUT2D eigenvalue weighted by molar-refractivity contribution is -0.181. The molecule has 0 bridgehead atoms. The Morgan fingerprint density at radius 3 is 2.17 bits per heavy atom. The second kappa shape index (κ2) is 8.23. The minimum Gasteiger partial charge on any atom is -0.455 e. The minimum atomic E-state index is -1.30. The van der Waals surface area contributed by atoms with Crippen LogP contribution in [0.15, 0.2) is 15.8 Å². The summed E-state index contributed by atoms with van der Waals surface area (Å²) in [6.45, 7) is 11.9. The standard InChI is InChI=1S/C12H17FN2O5.C4H10/c1-11(2,19)12(3,4)20-8(16)6-15-5-7(13)9(17)14-10(15)18;1-4(2)3/h5,19H,6H2,1-4H3,(H,14,17,18);4H,1-3H3. The number of hydrogen-bond acceptors (Lipinski definition) is 5. The third-order valence-corrected chi connectivity index (χ3v) is 3.11. The minimum absolute atomic E-state index is 0.577. The van der Waals surface area contributed by atoms with Crippen molar-refractivity contribution >= 4 is 5.97 Å². The van der Waals surface area contributed by atoms with Crippen LogP contribution in [0.5, 0.6) is 0 Å². The van der Waals surface area contributed by atoms with E-state index in [0.29, 0.717) is 10.8 Å². The van der Waals surface area contributed by atoms with Gasteiger partial charge in [0.25, 0.3) is 5.56 Å². The van der Waals surface area contributed by atoms with E-state index in [-0.39, 0.29) is 0 Å². The van der Waals surface area contributed by atoms with E-state index in [1.807, 2.05) is 0 Å². The van der Waals surface area contributed by atoms with Crippen molar-refractivity contribution in [2.24, 2.45) is 5.92 Å². The zero-order valence-corrected chi connectivity index (χ0v) is 15.3. The molecule has 1 heterocycles. The fourth-order valence-corrected chi connectivity index (χ4v) is 1.18. The number of rotatable bonds is 4. The number of aromatic amines is 1. The number of halogens is 1. The van der Waals surface area contributed by atoms with E-state index in [2.05, 4.69) is 20.8 Å². The van der Waals surface area contributed by atoms with E-state index < -0.39 is 40.8 Å². The molecule has 0 amide bonds. The maximum absolute atomic E-state index is 13.0. The van der Waals surface area contributed by atoms with Gasteiger partial charge in [-0.3, -0.25) is 19.1 Å². The number of nitrogens with zero attached hydrogens (tertiary/aromatic N) is 1. The van der Waals surface area contributed by atoms with Crippen molar-refractivity contribution in [3.05, 3.63) is 32.9 Å². The van der Waals surface area contributed by atoms with Crippen LogP contribution in [0.4, 0.5) is 4.39 Å². The SMILES string of the molecule is CC(C)(O)C(C)(C)OC(=O)Cn1cc(F)c(=O)[nH]c1=O.CC(C)C. The second-order valence-electron chi connectivity index (χ2n) is 7.14. The fourth-order valence-electron chi connectivity index (χ4n) is 1.18.